The molecule has 0 spiro atoms. The Morgan fingerprint density at radius 2 is 2.37 bits per heavy atom. The summed E-state index contributed by atoms with van der Waals surface area (Å²) in [5, 5.41) is 3.53. The molecule has 6 nitrogen and oxygen atoms in total. The van der Waals surface area contributed by atoms with Crippen LogP contribution in [0.15, 0.2) is 29.4 Å². The minimum Gasteiger partial charge on any atom is -0.351 e. The van der Waals surface area contributed by atoms with Crippen molar-refractivity contribution in [2.24, 2.45) is 11.8 Å². The zero-order chi connectivity index (χ0) is 13.4. The van der Waals surface area contributed by atoms with Gasteiger partial charge in [0.05, 0.1) is 12.1 Å². The topological polar surface area (TPSA) is 66.7 Å². The predicted octanol–water partition coefficient (Wildman–Crippen LogP) is 0.391. The first-order chi connectivity index (χ1) is 9.20. The fourth-order valence-electron chi connectivity index (χ4n) is 2.91. The molecule has 19 heavy (non-hydrogen) atoms. The predicted molar refractivity (Wildman–Crippen MR) is 66.2 cm³/mol. The summed E-state index contributed by atoms with van der Waals surface area (Å²) in [5.41, 5.74) is 0. The Hall–Kier alpha value is -2.11. The molecule has 3 rings (SSSR count). The Morgan fingerprint density at radius 1 is 1.53 bits per heavy atom. The van der Waals surface area contributed by atoms with Crippen LogP contribution < -0.4 is 0 Å². The van der Waals surface area contributed by atoms with Crippen LogP contribution in [-0.2, 0) is 4.79 Å². The second-order valence-electron chi connectivity index (χ2n) is 4.99. The van der Waals surface area contributed by atoms with Gasteiger partial charge in [-0.3, -0.25) is 9.59 Å². The van der Waals surface area contributed by atoms with Crippen LogP contribution in [0.4, 0.5) is 0 Å². The van der Waals surface area contributed by atoms with Gasteiger partial charge >= 0.3 is 0 Å². The highest BCUT2D eigenvalue weighted by Gasteiger charge is 2.47. The van der Waals surface area contributed by atoms with Crippen molar-refractivity contribution in [2.45, 2.75) is 0 Å². The summed E-state index contributed by atoms with van der Waals surface area (Å²) in [7, 11) is 0. The number of amides is 2. The van der Waals surface area contributed by atoms with E-state index in [0.717, 1.165) is 0 Å². The Balaban J connectivity index is 1.69. The molecular formula is C13H15N3O3. The number of hydrogen-bond donors (Lipinski definition) is 0. The van der Waals surface area contributed by atoms with Crippen LogP contribution in [-0.4, -0.2) is 52.9 Å². The molecule has 2 saturated heterocycles. The summed E-state index contributed by atoms with van der Waals surface area (Å²) < 4.78 is 4.87. The summed E-state index contributed by atoms with van der Waals surface area (Å²) >= 11 is 0. The molecule has 2 aliphatic rings. The Labute approximate surface area is 110 Å². The van der Waals surface area contributed by atoms with Crippen LogP contribution in [0.3, 0.4) is 0 Å². The number of carbonyl (C=O) groups excluding carboxylic acids is 2. The first-order valence-electron chi connectivity index (χ1n) is 6.30. The molecular weight excluding hydrogens is 246 g/mol. The molecule has 0 radical (unpaired) electrons. The molecule has 1 aromatic heterocycles. The van der Waals surface area contributed by atoms with Crippen molar-refractivity contribution >= 4 is 11.8 Å². The largest absolute Gasteiger partial charge is 0.351 e. The molecule has 2 aliphatic heterocycles. The molecule has 2 amide bonds. The van der Waals surface area contributed by atoms with E-state index >= 15 is 0 Å². The third-order valence-corrected chi connectivity index (χ3v) is 3.81. The second-order valence-corrected chi connectivity index (χ2v) is 4.99. The highest BCUT2D eigenvalue weighted by atomic mass is 16.5. The Kier molecular flexibility index (Phi) is 2.85. The van der Waals surface area contributed by atoms with E-state index in [0.29, 0.717) is 26.2 Å². The van der Waals surface area contributed by atoms with E-state index < -0.39 is 0 Å². The average Bonchev–Trinajstić information content (AvgIpc) is 3.09. The van der Waals surface area contributed by atoms with E-state index in [2.05, 4.69) is 11.7 Å². The molecule has 0 unspecified atom stereocenters. The van der Waals surface area contributed by atoms with Crippen molar-refractivity contribution < 1.29 is 14.1 Å². The summed E-state index contributed by atoms with van der Waals surface area (Å²) in [6.07, 6.45) is 3.18. The van der Waals surface area contributed by atoms with Crippen LogP contribution >= 0.6 is 0 Å². The van der Waals surface area contributed by atoms with Crippen LogP contribution in [0.5, 0.6) is 0 Å². The zero-order valence-electron chi connectivity index (χ0n) is 10.5. The van der Waals surface area contributed by atoms with Gasteiger partial charge < -0.3 is 14.3 Å². The van der Waals surface area contributed by atoms with Crippen molar-refractivity contribution in [3.05, 3.63) is 30.7 Å². The van der Waals surface area contributed by atoms with E-state index in [-0.39, 0.29) is 29.4 Å². The van der Waals surface area contributed by atoms with E-state index in [1.165, 1.54) is 6.20 Å². The fourth-order valence-corrected chi connectivity index (χ4v) is 2.91. The van der Waals surface area contributed by atoms with Gasteiger partial charge in [-0.2, -0.15) is 0 Å². The number of aromatic nitrogens is 1. The first kappa shape index (κ1) is 12.0. The standard InChI is InChI=1S/C13H15N3O3/c1-2-5-15-6-9-7-16(8-10(9)12(15)17)13(18)11-3-4-14-19-11/h2-4,9-10H,1,5-8H2/t9-,10+/m1/s1. The molecule has 0 N–H and O–H groups in total. The second kappa shape index (κ2) is 4.53. The number of fused-ring (bicyclic) bond motifs is 1. The van der Waals surface area contributed by atoms with E-state index in [1.807, 2.05) is 0 Å². The van der Waals surface area contributed by atoms with Gasteiger partial charge in [0, 0.05) is 38.2 Å². The van der Waals surface area contributed by atoms with Gasteiger partial charge in [0.15, 0.2) is 0 Å². The van der Waals surface area contributed by atoms with Gasteiger partial charge in [-0.25, -0.2) is 0 Å². The lowest BCUT2D eigenvalue weighted by atomic mass is 10.0. The average molecular weight is 261 g/mol. The fraction of sp³-hybridized carbons (Fsp3) is 0.462. The highest BCUT2D eigenvalue weighted by Crippen LogP contribution is 2.32. The van der Waals surface area contributed by atoms with Crippen molar-refractivity contribution in [2.75, 3.05) is 26.2 Å². The lowest BCUT2D eigenvalue weighted by Crippen LogP contribution is -2.35. The quantitative estimate of drug-likeness (QED) is 0.738. The van der Waals surface area contributed by atoms with Crippen molar-refractivity contribution in [1.82, 2.24) is 15.0 Å². The molecule has 3 heterocycles. The summed E-state index contributed by atoms with van der Waals surface area (Å²) in [6.45, 7) is 6.01. The summed E-state index contributed by atoms with van der Waals surface area (Å²) in [4.78, 5) is 27.7. The number of likely N-dealkylation sites (tertiary alicyclic amines) is 2. The van der Waals surface area contributed by atoms with E-state index in [9.17, 15) is 9.59 Å². The SMILES string of the molecule is C=CCN1C[C@@H]2CN(C(=O)c3ccno3)C[C@@H]2C1=O. The molecule has 0 aromatic carbocycles. The van der Waals surface area contributed by atoms with Crippen LogP contribution in [0.25, 0.3) is 0 Å². The Bertz CT molecular complexity index is 511. The van der Waals surface area contributed by atoms with Crippen LogP contribution in [0, 0.1) is 11.8 Å². The highest BCUT2D eigenvalue weighted by molar-refractivity contribution is 5.92. The maximum Gasteiger partial charge on any atom is 0.292 e. The van der Waals surface area contributed by atoms with Gasteiger partial charge in [0.1, 0.15) is 0 Å². The zero-order valence-corrected chi connectivity index (χ0v) is 10.5. The van der Waals surface area contributed by atoms with Gasteiger partial charge in [0.2, 0.25) is 11.7 Å². The lowest BCUT2D eigenvalue weighted by Gasteiger charge is -2.19. The van der Waals surface area contributed by atoms with Crippen molar-refractivity contribution in [3.8, 4) is 0 Å². The minimum absolute atomic E-state index is 0.0770. The molecule has 1 aromatic rings. The van der Waals surface area contributed by atoms with Crippen LogP contribution in [0.2, 0.25) is 0 Å². The number of rotatable bonds is 3. The molecule has 6 heteroatoms. The third-order valence-electron chi connectivity index (χ3n) is 3.81. The number of carbonyl (C=O) groups is 2. The first-order valence-corrected chi connectivity index (χ1v) is 6.30. The summed E-state index contributed by atoms with van der Waals surface area (Å²) in [6, 6.07) is 1.54. The maximum atomic E-state index is 12.1. The smallest absolute Gasteiger partial charge is 0.292 e. The number of nitrogens with zero attached hydrogens (tertiary/aromatic N) is 3. The molecule has 2 fully saturated rings. The molecule has 2 atom stereocenters. The molecule has 0 bridgehead atoms. The summed E-state index contributed by atoms with van der Waals surface area (Å²) in [5.74, 6) is 0.314. The van der Waals surface area contributed by atoms with E-state index in [1.54, 1.807) is 21.9 Å². The minimum atomic E-state index is -0.185. The third kappa shape index (κ3) is 1.93. The van der Waals surface area contributed by atoms with Crippen LogP contribution in [0.1, 0.15) is 10.6 Å². The normalized spacial score (nSPS) is 25.8. The van der Waals surface area contributed by atoms with Gasteiger partial charge in [0.25, 0.3) is 5.91 Å². The van der Waals surface area contributed by atoms with Gasteiger partial charge in [-0.15, -0.1) is 6.58 Å². The molecule has 100 valence electrons. The Morgan fingerprint density at radius 3 is 3.00 bits per heavy atom. The van der Waals surface area contributed by atoms with Crippen molar-refractivity contribution in [1.29, 1.82) is 0 Å². The van der Waals surface area contributed by atoms with Crippen molar-refractivity contribution in [3.63, 3.8) is 0 Å². The maximum absolute atomic E-state index is 12.1. The van der Waals surface area contributed by atoms with Gasteiger partial charge in [-0.05, 0) is 0 Å². The molecule has 0 aliphatic carbocycles. The lowest BCUT2D eigenvalue weighted by molar-refractivity contribution is -0.130. The van der Waals surface area contributed by atoms with Gasteiger partial charge in [-0.1, -0.05) is 11.2 Å². The molecule has 0 saturated carbocycles. The number of hydrogen-bond acceptors (Lipinski definition) is 4. The monoisotopic (exact) mass is 261 g/mol. The van der Waals surface area contributed by atoms with E-state index in [4.69, 9.17) is 4.52 Å².